The zero-order chi connectivity index (χ0) is 13.0. The molecule has 0 aliphatic carbocycles. The van der Waals surface area contributed by atoms with Crippen LogP contribution in [0, 0.1) is 0 Å². The van der Waals surface area contributed by atoms with Crippen molar-refractivity contribution in [1.82, 2.24) is 4.90 Å². The van der Waals surface area contributed by atoms with E-state index >= 15 is 0 Å². The number of hydrogen-bond acceptors (Lipinski definition) is 2. The smallest absolute Gasteiger partial charge is 0.0367 e. The van der Waals surface area contributed by atoms with Crippen LogP contribution in [0.5, 0.6) is 0 Å². The molecule has 1 aliphatic rings. The van der Waals surface area contributed by atoms with Gasteiger partial charge in [-0.05, 0) is 36.6 Å². The summed E-state index contributed by atoms with van der Waals surface area (Å²) in [7, 11) is 0. The minimum Gasteiger partial charge on any atom is -0.369 e. The van der Waals surface area contributed by atoms with E-state index in [1.54, 1.807) is 0 Å². The number of piperazine rings is 1. The number of anilines is 1. The van der Waals surface area contributed by atoms with E-state index in [0.29, 0.717) is 5.92 Å². The van der Waals surface area contributed by atoms with Crippen molar-refractivity contribution in [3.8, 4) is 0 Å². The van der Waals surface area contributed by atoms with E-state index in [1.165, 1.54) is 37.3 Å². The molecule has 1 aliphatic heterocycles. The molecule has 18 heavy (non-hydrogen) atoms. The van der Waals surface area contributed by atoms with Crippen LogP contribution in [0.15, 0.2) is 24.3 Å². The van der Waals surface area contributed by atoms with E-state index in [-0.39, 0.29) is 0 Å². The van der Waals surface area contributed by atoms with Gasteiger partial charge in [0.25, 0.3) is 0 Å². The molecular formula is C16H26N2. The van der Waals surface area contributed by atoms with Crippen LogP contribution in [-0.2, 0) is 0 Å². The SMILES string of the molecule is CCC(C)c1ccc(N2CCN(CC)CC2)cc1. The molecule has 1 aromatic rings. The summed E-state index contributed by atoms with van der Waals surface area (Å²) in [4.78, 5) is 5.02. The van der Waals surface area contributed by atoms with Gasteiger partial charge in [-0.3, -0.25) is 0 Å². The predicted molar refractivity (Wildman–Crippen MR) is 79.5 cm³/mol. The number of likely N-dealkylation sites (N-methyl/N-ethyl adjacent to an activating group) is 1. The minimum atomic E-state index is 0.677. The molecule has 0 amide bonds. The van der Waals surface area contributed by atoms with Gasteiger partial charge in [-0.1, -0.05) is 32.9 Å². The van der Waals surface area contributed by atoms with Crippen LogP contribution in [0.25, 0.3) is 0 Å². The molecule has 0 saturated carbocycles. The first kappa shape index (κ1) is 13.4. The number of benzene rings is 1. The lowest BCUT2D eigenvalue weighted by Gasteiger charge is -2.35. The van der Waals surface area contributed by atoms with Crippen molar-refractivity contribution in [2.24, 2.45) is 0 Å². The van der Waals surface area contributed by atoms with Crippen LogP contribution < -0.4 is 4.90 Å². The second kappa shape index (κ2) is 6.24. The lowest BCUT2D eigenvalue weighted by molar-refractivity contribution is 0.271. The van der Waals surface area contributed by atoms with Gasteiger partial charge in [0.05, 0.1) is 0 Å². The van der Waals surface area contributed by atoms with Crippen LogP contribution in [0.1, 0.15) is 38.7 Å². The topological polar surface area (TPSA) is 6.48 Å². The van der Waals surface area contributed by atoms with E-state index in [0.717, 1.165) is 13.1 Å². The highest BCUT2D eigenvalue weighted by Gasteiger charge is 2.15. The summed E-state index contributed by atoms with van der Waals surface area (Å²) in [5, 5.41) is 0. The highest BCUT2D eigenvalue weighted by Crippen LogP contribution is 2.23. The minimum absolute atomic E-state index is 0.677. The van der Waals surface area contributed by atoms with Gasteiger partial charge in [0.15, 0.2) is 0 Å². The summed E-state index contributed by atoms with van der Waals surface area (Å²) < 4.78 is 0. The Balaban J connectivity index is 1.98. The third-order valence-corrected chi connectivity index (χ3v) is 4.26. The maximum Gasteiger partial charge on any atom is 0.0367 e. The van der Waals surface area contributed by atoms with Crippen molar-refractivity contribution in [1.29, 1.82) is 0 Å². The monoisotopic (exact) mass is 246 g/mol. The summed E-state index contributed by atoms with van der Waals surface area (Å²) in [6.07, 6.45) is 1.22. The Hall–Kier alpha value is -1.02. The number of hydrogen-bond donors (Lipinski definition) is 0. The molecule has 1 saturated heterocycles. The molecule has 1 aromatic carbocycles. The number of nitrogens with zero attached hydrogens (tertiary/aromatic N) is 2. The molecule has 2 rings (SSSR count). The van der Waals surface area contributed by atoms with Crippen molar-refractivity contribution in [3.63, 3.8) is 0 Å². The Kier molecular flexibility index (Phi) is 4.65. The van der Waals surface area contributed by atoms with Gasteiger partial charge in [-0.15, -0.1) is 0 Å². The van der Waals surface area contributed by atoms with E-state index in [4.69, 9.17) is 0 Å². The summed E-state index contributed by atoms with van der Waals surface area (Å²) in [6.45, 7) is 12.7. The molecule has 2 heteroatoms. The molecule has 1 atom stereocenters. The Morgan fingerprint density at radius 1 is 1.00 bits per heavy atom. The maximum absolute atomic E-state index is 2.52. The van der Waals surface area contributed by atoms with Gasteiger partial charge in [0.1, 0.15) is 0 Å². The van der Waals surface area contributed by atoms with E-state index in [1.807, 2.05) is 0 Å². The lowest BCUT2D eigenvalue weighted by atomic mass is 9.98. The molecule has 0 bridgehead atoms. The fourth-order valence-electron chi connectivity index (χ4n) is 2.57. The molecule has 100 valence electrons. The molecule has 1 unspecified atom stereocenters. The summed E-state index contributed by atoms with van der Waals surface area (Å²) in [5.41, 5.74) is 2.85. The fraction of sp³-hybridized carbons (Fsp3) is 0.625. The van der Waals surface area contributed by atoms with Crippen LogP contribution in [0.3, 0.4) is 0 Å². The Labute approximate surface area is 112 Å². The highest BCUT2D eigenvalue weighted by atomic mass is 15.3. The zero-order valence-corrected chi connectivity index (χ0v) is 12.0. The van der Waals surface area contributed by atoms with Gasteiger partial charge in [-0.2, -0.15) is 0 Å². The fourth-order valence-corrected chi connectivity index (χ4v) is 2.57. The van der Waals surface area contributed by atoms with Crippen molar-refractivity contribution in [3.05, 3.63) is 29.8 Å². The molecule has 2 nitrogen and oxygen atoms in total. The molecule has 0 aromatic heterocycles. The first-order valence-electron chi connectivity index (χ1n) is 7.31. The average Bonchev–Trinajstić information content (AvgIpc) is 2.47. The van der Waals surface area contributed by atoms with Gasteiger partial charge in [0.2, 0.25) is 0 Å². The van der Waals surface area contributed by atoms with Crippen molar-refractivity contribution >= 4 is 5.69 Å². The largest absolute Gasteiger partial charge is 0.369 e. The van der Waals surface area contributed by atoms with Gasteiger partial charge in [0, 0.05) is 31.9 Å². The summed E-state index contributed by atoms with van der Waals surface area (Å²) >= 11 is 0. The molecule has 1 heterocycles. The second-order valence-corrected chi connectivity index (χ2v) is 5.32. The predicted octanol–water partition coefficient (Wildman–Crippen LogP) is 3.34. The molecule has 1 fully saturated rings. The highest BCUT2D eigenvalue weighted by molar-refractivity contribution is 5.48. The van der Waals surface area contributed by atoms with Crippen molar-refractivity contribution in [2.45, 2.75) is 33.1 Å². The number of rotatable bonds is 4. The van der Waals surface area contributed by atoms with Crippen LogP contribution in [0.2, 0.25) is 0 Å². The molecule has 0 spiro atoms. The summed E-state index contributed by atoms with van der Waals surface area (Å²) in [5.74, 6) is 0.677. The zero-order valence-electron chi connectivity index (χ0n) is 12.0. The Bertz CT molecular complexity index is 350. The van der Waals surface area contributed by atoms with Crippen molar-refractivity contribution in [2.75, 3.05) is 37.6 Å². The van der Waals surface area contributed by atoms with E-state index < -0.39 is 0 Å². The van der Waals surface area contributed by atoms with Crippen LogP contribution in [-0.4, -0.2) is 37.6 Å². The standard InChI is InChI=1S/C16H26N2/c1-4-14(3)15-6-8-16(9-7-15)18-12-10-17(5-2)11-13-18/h6-9,14H,4-5,10-13H2,1-3H3. The van der Waals surface area contributed by atoms with Crippen LogP contribution >= 0.6 is 0 Å². The van der Waals surface area contributed by atoms with Crippen molar-refractivity contribution < 1.29 is 0 Å². The van der Waals surface area contributed by atoms with Gasteiger partial charge in [-0.25, -0.2) is 0 Å². The second-order valence-electron chi connectivity index (χ2n) is 5.32. The van der Waals surface area contributed by atoms with Gasteiger partial charge >= 0.3 is 0 Å². The lowest BCUT2D eigenvalue weighted by Crippen LogP contribution is -2.46. The Morgan fingerprint density at radius 3 is 2.11 bits per heavy atom. The maximum atomic E-state index is 2.52. The molecule has 0 radical (unpaired) electrons. The Morgan fingerprint density at radius 2 is 1.61 bits per heavy atom. The molecular weight excluding hydrogens is 220 g/mol. The average molecular weight is 246 g/mol. The summed E-state index contributed by atoms with van der Waals surface area (Å²) in [6, 6.07) is 9.19. The molecule has 0 N–H and O–H groups in total. The van der Waals surface area contributed by atoms with E-state index in [9.17, 15) is 0 Å². The first-order chi connectivity index (χ1) is 8.74. The first-order valence-corrected chi connectivity index (χ1v) is 7.31. The van der Waals surface area contributed by atoms with E-state index in [2.05, 4.69) is 54.8 Å². The third-order valence-electron chi connectivity index (χ3n) is 4.26. The third kappa shape index (κ3) is 3.05. The quantitative estimate of drug-likeness (QED) is 0.804. The normalized spacial score (nSPS) is 18.9. The van der Waals surface area contributed by atoms with Crippen LogP contribution in [0.4, 0.5) is 5.69 Å². The van der Waals surface area contributed by atoms with Gasteiger partial charge < -0.3 is 9.80 Å².